The highest BCUT2D eigenvalue weighted by Gasteiger charge is 2.17. The molecule has 2 heterocycles. The second kappa shape index (κ2) is 9.41. The standard InChI is InChI=1S/C24H22FN3O4S/c1-3-32-17-6-4-5-16(12-17)13-28-23(30)22-20(9-10-33-22)27(24(28)31)14-21(29)26-19-8-7-15(2)11-18(19)25/h4-12H,3,13-14H2,1-2H3,(H,26,29). The zero-order valence-corrected chi connectivity index (χ0v) is 18.9. The van der Waals surface area contributed by atoms with E-state index in [-0.39, 0.29) is 18.8 Å². The van der Waals surface area contributed by atoms with Gasteiger partial charge in [0.2, 0.25) is 5.91 Å². The van der Waals surface area contributed by atoms with Crippen LogP contribution in [0.15, 0.2) is 63.5 Å². The SMILES string of the molecule is CCOc1cccc(Cn2c(=O)c3sccc3n(CC(=O)Nc3ccc(C)cc3F)c2=O)c1. The van der Waals surface area contributed by atoms with Crippen molar-refractivity contribution in [2.75, 3.05) is 11.9 Å². The smallest absolute Gasteiger partial charge is 0.332 e. The topological polar surface area (TPSA) is 82.3 Å². The van der Waals surface area contributed by atoms with Gasteiger partial charge >= 0.3 is 5.69 Å². The molecule has 0 aliphatic carbocycles. The van der Waals surface area contributed by atoms with E-state index in [0.29, 0.717) is 28.1 Å². The van der Waals surface area contributed by atoms with Gasteiger partial charge in [0.05, 0.1) is 24.4 Å². The van der Waals surface area contributed by atoms with E-state index in [0.717, 1.165) is 10.1 Å². The van der Waals surface area contributed by atoms with Gasteiger partial charge in [0, 0.05) is 0 Å². The molecule has 2 aromatic carbocycles. The van der Waals surface area contributed by atoms with E-state index in [1.165, 1.54) is 28.0 Å². The molecule has 0 saturated heterocycles. The van der Waals surface area contributed by atoms with E-state index in [1.807, 2.05) is 6.92 Å². The lowest BCUT2D eigenvalue weighted by Crippen LogP contribution is -2.41. The average molecular weight is 468 g/mol. The van der Waals surface area contributed by atoms with Gasteiger partial charge in [0.15, 0.2) is 0 Å². The van der Waals surface area contributed by atoms with Crippen molar-refractivity contribution in [3.05, 3.63) is 91.7 Å². The molecule has 170 valence electrons. The Morgan fingerprint density at radius 2 is 1.94 bits per heavy atom. The largest absolute Gasteiger partial charge is 0.494 e. The van der Waals surface area contributed by atoms with Crippen LogP contribution in [0.25, 0.3) is 10.2 Å². The molecule has 0 radical (unpaired) electrons. The molecule has 0 spiro atoms. The van der Waals surface area contributed by atoms with Crippen molar-refractivity contribution in [3.63, 3.8) is 0 Å². The maximum atomic E-state index is 14.1. The molecule has 2 aromatic heterocycles. The molecule has 9 heteroatoms. The van der Waals surface area contributed by atoms with Gasteiger partial charge in [0.1, 0.15) is 22.8 Å². The van der Waals surface area contributed by atoms with E-state index in [1.54, 1.807) is 48.7 Å². The van der Waals surface area contributed by atoms with Crippen molar-refractivity contribution in [2.24, 2.45) is 0 Å². The Morgan fingerprint density at radius 3 is 2.70 bits per heavy atom. The molecule has 0 bridgehead atoms. The Hall–Kier alpha value is -3.72. The van der Waals surface area contributed by atoms with Crippen LogP contribution in [-0.2, 0) is 17.9 Å². The molecule has 0 fully saturated rings. The van der Waals surface area contributed by atoms with Crippen LogP contribution in [0.5, 0.6) is 5.75 Å². The summed E-state index contributed by atoms with van der Waals surface area (Å²) < 4.78 is 22.3. The minimum atomic E-state index is -0.618. The number of nitrogens with one attached hydrogen (secondary N) is 1. The number of carbonyl (C=O) groups excluding carboxylic acids is 1. The fourth-order valence-corrected chi connectivity index (χ4v) is 4.41. The van der Waals surface area contributed by atoms with Crippen LogP contribution >= 0.6 is 11.3 Å². The first-order valence-corrected chi connectivity index (χ1v) is 11.2. The summed E-state index contributed by atoms with van der Waals surface area (Å²) >= 11 is 1.20. The quantitative estimate of drug-likeness (QED) is 0.449. The molecular formula is C24H22FN3O4S. The molecule has 4 rings (SSSR count). The molecule has 0 aliphatic rings. The Bertz CT molecular complexity index is 1450. The molecule has 33 heavy (non-hydrogen) atoms. The fourth-order valence-electron chi connectivity index (χ4n) is 3.56. The molecule has 0 saturated carbocycles. The van der Waals surface area contributed by atoms with Crippen LogP contribution in [0.3, 0.4) is 0 Å². The fraction of sp³-hybridized carbons (Fsp3) is 0.208. The number of anilines is 1. The maximum Gasteiger partial charge on any atom is 0.332 e. The van der Waals surface area contributed by atoms with E-state index >= 15 is 0 Å². The predicted molar refractivity (Wildman–Crippen MR) is 127 cm³/mol. The lowest BCUT2D eigenvalue weighted by Gasteiger charge is -2.13. The number of carbonyl (C=O) groups is 1. The third-order valence-electron chi connectivity index (χ3n) is 5.09. The third-order valence-corrected chi connectivity index (χ3v) is 5.98. The maximum absolute atomic E-state index is 14.1. The predicted octanol–water partition coefficient (Wildman–Crippen LogP) is 3.76. The molecule has 0 atom stereocenters. The summed E-state index contributed by atoms with van der Waals surface area (Å²) in [7, 11) is 0. The van der Waals surface area contributed by atoms with E-state index in [9.17, 15) is 18.8 Å². The second-order valence-electron chi connectivity index (χ2n) is 7.51. The van der Waals surface area contributed by atoms with Gasteiger partial charge in [0.25, 0.3) is 5.56 Å². The van der Waals surface area contributed by atoms with Gasteiger partial charge in [-0.1, -0.05) is 18.2 Å². The van der Waals surface area contributed by atoms with Gasteiger partial charge in [-0.05, 0) is 60.7 Å². The first kappa shape index (κ1) is 22.5. The van der Waals surface area contributed by atoms with Crippen molar-refractivity contribution >= 4 is 33.1 Å². The zero-order chi connectivity index (χ0) is 23.5. The summed E-state index contributed by atoms with van der Waals surface area (Å²) in [6.07, 6.45) is 0. The molecule has 1 N–H and O–H groups in total. The highest BCUT2D eigenvalue weighted by molar-refractivity contribution is 7.17. The van der Waals surface area contributed by atoms with E-state index < -0.39 is 23.0 Å². The number of rotatable bonds is 7. The Labute approximate surface area is 192 Å². The van der Waals surface area contributed by atoms with Gasteiger partial charge in [-0.25, -0.2) is 9.18 Å². The summed E-state index contributed by atoms with van der Waals surface area (Å²) in [6.45, 7) is 3.77. The van der Waals surface area contributed by atoms with Crippen molar-refractivity contribution < 1.29 is 13.9 Å². The van der Waals surface area contributed by atoms with Crippen LogP contribution in [0.4, 0.5) is 10.1 Å². The summed E-state index contributed by atoms with van der Waals surface area (Å²) in [6, 6.07) is 13.2. The van der Waals surface area contributed by atoms with Crippen molar-refractivity contribution in [1.29, 1.82) is 0 Å². The molecule has 7 nitrogen and oxygen atoms in total. The number of aromatic nitrogens is 2. The second-order valence-corrected chi connectivity index (χ2v) is 8.42. The number of hydrogen-bond donors (Lipinski definition) is 1. The number of amides is 1. The first-order chi connectivity index (χ1) is 15.9. The third kappa shape index (κ3) is 4.73. The van der Waals surface area contributed by atoms with Crippen LogP contribution in [0, 0.1) is 12.7 Å². The van der Waals surface area contributed by atoms with Crippen molar-refractivity contribution in [2.45, 2.75) is 26.9 Å². The molecule has 0 unspecified atom stereocenters. The monoisotopic (exact) mass is 467 g/mol. The highest BCUT2D eigenvalue weighted by atomic mass is 32.1. The van der Waals surface area contributed by atoms with Gasteiger partial charge in [-0.15, -0.1) is 11.3 Å². The minimum Gasteiger partial charge on any atom is -0.494 e. The summed E-state index contributed by atoms with van der Waals surface area (Å²) in [5, 5.41) is 4.20. The van der Waals surface area contributed by atoms with Crippen LogP contribution in [0.1, 0.15) is 18.1 Å². The molecule has 1 amide bonds. The highest BCUT2D eigenvalue weighted by Crippen LogP contribution is 2.18. The number of fused-ring (bicyclic) bond motifs is 1. The van der Waals surface area contributed by atoms with Crippen LogP contribution in [-0.4, -0.2) is 21.6 Å². The van der Waals surface area contributed by atoms with Crippen LogP contribution < -0.4 is 21.3 Å². The van der Waals surface area contributed by atoms with Gasteiger partial charge in [-0.3, -0.25) is 18.7 Å². The molecule has 4 aromatic rings. The van der Waals surface area contributed by atoms with Crippen molar-refractivity contribution in [1.82, 2.24) is 9.13 Å². The number of halogens is 1. The number of thiophene rings is 1. The van der Waals surface area contributed by atoms with Gasteiger partial charge < -0.3 is 10.1 Å². The number of hydrogen-bond acceptors (Lipinski definition) is 5. The number of aryl methyl sites for hydroxylation is 1. The van der Waals surface area contributed by atoms with Gasteiger partial charge in [-0.2, -0.15) is 0 Å². The Balaban J connectivity index is 1.69. The minimum absolute atomic E-state index is 0.0284. The lowest BCUT2D eigenvalue weighted by atomic mass is 10.2. The molecular weight excluding hydrogens is 445 g/mol. The first-order valence-electron chi connectivity index (χ1n) is 10.4. The average Bonchev–Trinajstić information content (AvgIpc) is 3.27. The normalized spacial score (nSPS) is 11.0. The number of benzene rings is 2. The van der Waals surface area contributed by atoms with E-state index in [2.05, 4.69) is 5.32 Å². The van der Waals surface area contributed by atoms with Crippen LogP contribution in [0.2, 0.25) is 0 Å². The molecule has 0 aliphatic heterocycles. The van der Waals surface area contributed by atoms with E-state index in [4.69, 9.17) is 4.74 Å². The zero-order valence-electron chi connectivity index (χ0n) is 18.1. The Morgan fingerprint density at radius 1 is 1.12 bits per heavy atom. The van der Waals surface area contributed by atoms with Crippen molar-refractivity contribution in [3.8, 4) is 5.75 Å². The number of nitrogens with zero attached hydrogens (tertiary/aromatic N) is 2. The number of ether oxygens (including phenoxy) is 1. The summed E-state index contributed by atoms with van der Waals surface area (Å²) in [4.78, 5) is 38.9. The lowest BCUT2D eigenvalue weighted by molar-refractivity contribution is -0.116. The summed E-state index contributed by atoms with van der Waals surface area (Å²) in [5.74, 6) is -0.494. The Kier molecular flexibility index (Phi) is 6.41. The summed E-state index contributed by atoms with van der Waals surface area (Å²) in [5.41, 5.74) is 0.798.